The summed E-state index contributed by atoms with van der Waals surface area (Å²) >= 11 is 0. The molecule has 0 aliphatic carbocycles. The number of morpholine rings is 1. The smallest absolute Gasteiger partial charge is 0.169 e. The van der Waals surface area contributed by atoms with E-state index in [1.807, 2.05) is 32.0 Å². The highest BCUT2D eigenvalue weighted by molar-refractivity contribution is 5.74. The molecule has 0 unspecified atom stereocenters. The molecule has 2 atom stereocenters. The Morgan fingerprint density at radius 1 is 1.18 bits per heavy atom. The van der Waals surface area contributed by atoms with Crippen LogP contribution in [0.1, 0.15) is 13.8 Å². The number of nitrogens with two attached hydrogens (primary N) is 1. The SMILES string of the molecule is C[C@H]1CN(c2cc(-c3ccccc3O)nnc2N)C[C@H](C)O1. The lowest BCUT2D eigenvalue weighted by atomic mass is 10.1. The van der Waals surface area contributed by atoms with Gasteiger partial charge >= 0.3 is 0 Å². The summed E-state index contributed by atoms with van der Waals surface area (Å²) in [7, 11) is 0. The molecule has 1 aromatic carbocycles. The molecule has 3 rings (SSSR count). The largest absolute Gasteiger partial charge is 0.507 e. The Bertz CT molecular complexity index is 667. The van der Waals surface area contributed by atoms with E-state index in [9.17, 15) is 5.11 Å². The van der Waals surface area contributed by atoms with Crippen molar-refractivity contribution in [3.63, 3.8) is 0 Å². The molecular weight excluding hydrogens is 280 g/mol. The Hall–Kier alpha value is -2.34. The third-order valence-electron chi connectivity index (χ3n) is 3.74. The van der Waals surface area contributed by atoms with Crippen molar-refractivity contribution in [2.75, 3.05) is 23.7 Å². The van der Waals surface area contributed by atoms with E-state index in [0.29, 0.717) is 17.1 Å². The van der Waals surface area contributed by atoms with Gasteiger partial charge in [0.2, 0.25) is 0 Å². The monoisotopic (exact) mass is 300 g/mol. The fourth-order valence-corrected chi connectivity index (χ4v) is 2.84. The summed E-state index contributed by atoms with van der Waals surface area (Å²) in [5.41, 5.74) is 8.09. The number of nitrogens with zero attached hydrogens (tertiary/aromatic N) is 3. The molecule has 22 heavy (non-hydrogen) atoms. The zero-order valence-corrected chi connectivity index (χ0v) is 12.7. The van der Waals surface area contributed by atoms with Crippen LogP contribution in [0, 0.1) is 0 Å². The molecule has 6 heteroatoms. The Kier molecular flexibility index (Phi) is 3.85. The number of hydrogen-bond donors (Lipinski definition) is 2. The number of aromatic nitrogens is 2. The van der Waals surface area contributed by atoms with Crippen LogP contribution >= 0.6 is 0 Å². The van der Waals surface area contributed by atoms with Crippen molar-refractivity contribution in [3.05, 3.63) is 30.3 Å². The van der Waals surface area contributed by atoms with Gasteiger partial charge < -0.3 is 20.5 Å². The van der Waals surface area contributed by atoms with Gasteiger partial charge in [-0.2, -0.15) is 0 Å². The second-order valence-corrected chi connectivity index (χ2v) is 5.68. The summed E-state index contributed by atoms with van der Waals surface area (Å²) in [6.07, 6.45) is 0.259. The lowest BCUT2D eigenvalue weighted by Crippen LogP contribution is -2.45. The van der Waals surface area contributed by atoms with E-state index in [-0.39, 0.29) is 18.0 Å². The lowest BCUT2D eigenvalue weighted by molar-refractivity contribution is -0.00519. The molecule has 116 valence electrons. The highest BCUT2D eigenvalue weighted by Crippen LogP contribution is 2.32. The topological polar surface area (TPSA) is 84.5 Å². The first kappa shape index (κ1) is 14.6. The minimum Gasteiger partial charge on any atom is -0.507 e. The highest BCUT2D eigenvalue weighted by Gasteiger charge is 2.24. The van der Waals surface area contributed by atoms with E-state index in [0.717, 1.165) is 18.8 Å². The molecule has 0 amide bonds. The average Bonchev–Trinajstić information content (AvgIpc) is 2.47. The first-order valence-electron chi connectivity index (χ1n) is 7.36. The first-order chi connectivity index (χ1) is 10.5. The molecule has 0 spiro atoms. The van der Waals surface area contributed by atoms with E-state index < -0.39 is 0 Å². The van der Waals surface area contributed by atoms with Gasteiger partial charge in [0, 0.05) is 18.7 Å². The van der Waals surface area contributed by atoms with Crippen molar-refractivity contribution in [2.45, 2.75) is 26.1 Å². The van der Waals surface area contributed by atoms with Crippen molar-refractivity contribution >= 4 is 11.5 Å². The second kappa shape index (κ2) is 5.81. The fraction of sp³-hybridized carbons (Fsp3) is 0.375. The molecule has 1 aliphatic rings. The van der Waals surface area contributed by atoms with Gasteiger partial charge in [-0.25, -0.2) is 0 Å². The zero-order chi connectivity index (χ0) is 15.7. The van der Waals surface area contributed by atoms with Crippen molar-refractivity contribution in [3.8, 4) is 17.0 Å². The Morgan fingerprint density at radius 2 is 1.86 bits per heavy atom. The van der Waals surface area contributed by atoms with Crippen molar-refractivity contribution < 1.29 is 9.84 Å². The number of rotatable bonds is 2. The van der Waals surface area contributed by atoms with Gasteiger partial charge in [0.25, 0.3) is 0 Å². The van der Waals surface area contributed by atoms with Crippen LogP contribution in [-0.4, -0.2) is 40.6 Å². The summed E-state index contributed by atoms with van der Waals surface area (Å²) in [6.45, 7) is 5.58. The van der Waals surface area contributed by atoms with E-state index in [2.05, 4.69) is 15.1 Å². The summed E-state index contributed by atoms with van der Waals surface area (Å²) in [5.74, 6) is 0.566. The van der Waals surface area contributed by atoms with Crippen LogP contribution in [0.25, 0.3) is 11.3 Å². The van der Waals surface area contributed by atoms with Gasteiger partial charge in [-0.1, -0.05) is 12.1 Å². The van der Waals surface area contributed by atoms with Crippen molar-refractivity contribution in [1.82, 2.24) is 10.2 Å². The summed E-state index contributed by atoms with van der Waals surface area (Å²) in [5, 5.41) is 18.2. The van der Waals surface area contributed by atoms with Gasteiger partial charge in [-0.3, -0.25) is 0 Å². The number of para-hydroxylation sites is 1. The van der Waals surface area contributed by atoms with Gasteiger partial charge in [0.15, 0.2) is 5.82 Å². The quantitative estimate of drug-likeness (QED) is 0.883. The predicted octanol–water partition coefficient (Wildman–Crippen LogP) is 2.04. The fourth-order valence-electron chi connectivity index (χ4n) is 2.84. The molecule has 3 N–H and O–H groups in total. The molecular formula is C16H20N4O2. The maximum Gasteiger partial charge on any atom is 0.169 e. The Morgan fingerprint density at radius 3 is 2.55 bits per heavy atom. The van der Waals surface area contributed by atoms with Crippen molar-refractivity contribution in [2.24, 2.45) is 0 Å². The highest BCUT2D eigenvalue weighted by atomic mass is 16.5. The van der Waals surface area contributed by atoms with Crippen LogP contribution in [0.5, 0.6) is 5.75 Å². The first-order valence-corrected chi connectivity index (χ1v) is 7.36. The number of ether oxygens (including phenoxy) is 1. The number of benzene rings is 1. The van der Waals surface area contributed by atoms with Crippen LogP contribution in [0.15, 0.2) is 30.3 Å². The summed E-state index contributed by atoms with van der Waals surface area (Å²) in [6, 6.07) is 8.94. The lowest BCUT2D eigenvalue weighted by Gasteiger charge is -2.37. The Labute approximate surface area is 129 Å². The standard InChI is InChI=1S/C16H20N4O2/c1-10-8-20(9-11(2)22-10)14-7-13(18-19-16(14)17)12-5-3-4-6-15(12)21/h3-7,10-11,21H,8-9H2,1-2H3,(H2,17,19)/t10-,11-/m0/s1. The third-order valence-corrected chi connectivity index (χ3v) is 3.74. The number of anilines is 2. The van der Waals surface area contributed by atoms with Crippen LogP contribution in [-0.2, 0) is 4.74 Å². The molecule has 2 heterocycles. The minimum atomic E-state index is 0.130. The molecule has 6 nitrogen and oxygen atoms in total. The summed E-state index contributed by atoms with van der Waals surface area (Å²) < 4.78 is 5.75. The van der Waals surface area contributed by atoms with Crippen LogP contribution in [0.2, 0.25) is 0 Å². The van der Waals surface area contributed by atoms with E-state index in [1.54, 1.807) is 12.1 Å². The van der Waals surface area contributed by atoms with Gasteiger partial charge in [-0.15, -0.1) is 10.2 Å². The van der Waals surface area contributed by atoms with Crippen molar-refractivity contribution in [1.29, 1.82) is 0 Å². The number of hydrogen-bond acceptors (Lipinski definition) is 6. The van der Waals surface area contributed by atoms with Gasteiger partial charge in [-0.05, 0) is 32.0 Å². The van der Waals surface area contributed by atoms with E-state index in [1.165, 1.54) is 0 Å². The molecule has 1 saturated heterocycles. The molecule has 0 radical (unpaired) electrons. The summed E-state index contributed by atoms with van der Waals surface area (Å²) in [4.78, 5) is 2.16. The van der Waals surface area contributed by atoms with Crippen LogP contribution < -0.4 is 10.6 Å². The van der Waals surface area contributed by atoms with Gasteiger partial charge in [0.05, 0.1) is 23.6 Å². The molecule has 1 aliphatic heterocycles. The van der Waals surface area contributed by atoms with Gasteiger partial charge in [0.1, 0.15) is 5.75 Å². The predicted molar refractivity (Wildman–Crippen MR) is 85.8 cm³/mol. The molecule has 1 fully saturated rings. The molecule has 2 aromatic rings. The Balaban J connectivity index is 1.98. The minimum absolute atomic E-state index is 0.130. The molecule has 0 saturated carbocycles. The molecule has 1 aromatic heterocycles. The third kappa shape index (κ3) is 2.82. The van der Waals surface area contributed by atoms with Crippen LogP contribution in [0.4, 0.5) is 11.5 Å². The number of phenols is 1. The number of phenolic OH excluding ortho intramolecular Hbond substituents is 1. The number of nitrogen functional groups attached to an aromatic ring is 1. The van der Waals surface area contributed by atoms with Crippen LogP contribution in [0.3, 0.4) is 0 Å². The average molecular weight is 300 g/mol. The second-order valence-electron chi connectivity index (χ2n) is 5.68. The maximum atomic E-state index is 9.99. The maximum absolute atomic E-state index is 9.99. The van der Waals surface area contributed by atoms with E-state index in [4.69, 9.17) is 10.5 Å². The normalized spacial score (nSPS) is 21.8. The zero-order valence-electron chi connectivity index (χ0n) is 12.7. The van der Waals surface area contributed by atoms with E-state index >= 15 is 0 Å². The molecule has 0 bridgehead atoms. The number of aromatic hydroxyl groups is 1.